The smallest absolute Gasteiger partial charge is 0.338 e. The number of nitrogens with zero attached hydrogens (tertiary/aromatic N) is 1. The first-order valence-corrected chi connectivity index (χ1v) is 8.60. The van der Waals surface area contributed by atoms with Crippen LogP contribution in [0.5, 0.6) is 5.75 Å². The molecule has 1 saturated heterocycles. The standard InChI is InChI=1S/C14H15FN2O6S/c1-23-12-4-9(14(19)20)11(15)3-10(12)13(18)16-24(21,22)17-5-7-2-8(7)6-17/h3-4,7-8H,2,5-6H2,1H3,(H,16,18)(H,19,20). The van der Waals surface area contributed by atoms with Crippen LogP contribution in [0.4, 0.5) is 4.39 Å². The third kappa shape index (κ3) is 2.94. The van der Waals surface area contributed by atoms with E-state index in [1.807, 2.05) is 4.72 Å². The predicted octanol–water partition coefficient (Wildman–Crippen LogP) is 0.459. The van der Waals surface area contributed by atoms with Gasteiger partial charge in [0.1, 0.15) is 11.6 Å². The van der Waals surface area contributed by atoms with Crippen molar-refractivity contribution in [2.24, 2.45) is 11.8 Å². The molecule has 2 unspecified atom stereocenters. The quantitative estimate of drug-likeness (QED) is 0.791. The lowest BCUT2D eigenvalue weighted by Gasteiger charge is -2.18. The molecule has 2 aliphatic rings. The van der Waals surface area contributed by atoms with Gasteiger partial charge in [0.05, 0.1) is 18.2 Å². The van der Waals surface area contributed by atoms with Gasteiger partial charge in [0, 0.05) is 13.1 Å². The number of nitrogens with one attached hydrogen (secondary N) is 1. The van der Waals surface area contributed by atoms with E-state index < -0.39 is 39.0 Å². The van der Waals surface area contributed by atoms with Crippen LogP contribution in [0.25, 0.3) is 0 Å². The van der Waals surface area contributed by atoms with Gasteiger partial charge in [-0.25, -0.2) is 13.9 Å². The Hall–Kier alpha value is -2.20. The van der Waals surface area contributed by atoms with Crippen molar-refractivity contribution in [2.45, 2.75) is 6.42 Å². The summed E-state index contributed by atoms with van der Waals surface area (Å²) in [5, 5.41) is 8.88. The Bertz CT molecular complexity index is 815. The Morgan fingerprint density at radius 1 is 1.29 bits per heavy atom. The van der Waals surface area contributed by atoms with Crippen LogP contribution in [0.2, 0.25) is 0 Å². The number of hydrogen-bond donors (Lipinski definition) is 2. The van der Waals surface area contributed by atoms with Gasteiger partial charge < -0.3 is 9.84 Å². The number of fused-ring (bicyclic) bond motifs is 1. The molecule has 0 radical (unpaired) electrons. The minimum absolute atomic E-state index is 0.231. The number of carbonyl (C=O) groups excluding carboxylic acids is 1. The average molecular weight is 358 g/mol. The van der Waals surface area contributed by atoms with Gasteiger partial charge in [-0.1, -0.05) is 0 Å². The van der Waals surface area contributed by atoms with E-state index >= 15 is 0 Å². The fourth-order valence-corrected chi connectivity index (χ4v) is 4.10. The van der Waals surface area contributed by atoms with Crippen LogP contribution in [-0.4, -0.2) is 49.9 Å². The van der Waals surface area contributed by atoms with Crippen LogP contribution >= 0.6 is 0 Å². The lowest BCUT2D eigenvalue weighted by molar-refractivity contribution is 0.0690. The van der Waals surface area contributed by atoms with Crippen molar-refractivity contribution in [1.29, 1.82) is 0 Å². The number of carboxylic acid groups (broad SMARTS) is 1. The number of piperidine rings is 1. The summed E-state index contributed by atoms with van der Waals surface area (Å²) in [7, 11) is -2.87. The molecule has 2 atom stereocenters. The van der Waals surface area contributed by atoms with Gasteiger partial charge in [0.25, 0.3) is 5.91 Å². The topological polar surface area (TPSA) is 113 Å². The van der Waals surface area contributed by atoms with E-state index in [1.165, 1.54) is 4.31 Å². The van der Waals surface area contributed by atoms with Crippen molar-refractivity contribution >= 4 is 22.1 Å². The maximum absolute atomic E-state index is 13.8. The summed E-state index contributed by atoms with van der Waals surface area (Å²) in [4.78, 5) is 23.1. The summed E-state index contributed by atoms with van der Waals surface area (Å²) in [6, 6.07) is 1.48. The van der Waals surface area contributed by atoms with Gasteiger partial charge in [-0.05, 0) is 30.4 Å². The maximum Gasteiger partial charge on any atom is 0.338 e. The number of hydrogen-bond acceptors (Lipinski definition) is 5. The summed E-state index contributed by atoms with van der Waals surface area (Å²) in [6.07, 6.45) is 0.996. The number of halogens is 1. The Morgan fingerprint density at radius 3 is 2.46 bits per heavy atom. The number of carboxylic acids is 1. The minimum atomic E-state index is -4.03. The number of ether oxygens (including phenoxy) is 1. The molecule has 8 nitrogen and oxygen atoms in total. The first kappa shape index (κ1) is 16.7. The van der Waals surface area contributed by atoms with E-state index in [1.54, 1.807) is 0 Å². The van der Waals surface area contributed by atoms with Crippen LogP contribution < -0.4 is 9.46 Å². The number of aromatic carboxylic acids is 1. The molecule has 1 aliphatic heterocycles. The van der Waals surface area contributed by atoms with Crippen molar-refractivity contribution in [1.82, 2.24) is 9.03 Å². The minimum Gasteiger partial charge on any atom is -0.496 e. The monoisotopic (exact) mass is 358 g/mol. The zero-order chi connectivity index (χ0) is 17.6. The maximum atomic E-state index is 13.8. The summed E-state index contributed by atoms with van der Waals surface area (Å²) in [5.41, 5.74) is -1.07. The highest BCUT2D eigenvalue weighted by Crippen LogP contribution is 2.45. The number of benzene rings is 1. The van der Waals surface area contributed by atoms with Gasteiger partial charge in [0.15, 0.2) is 0 Å². The Labute approximate surface area is 137 Å². The average Bonchev–Trinajstić information content (AvgIpc) is 3.11. The first-order valence-electron chi connectivity index (χ1n) is 7.16. The summed E-state index contributed by atoms with van der Waals surface area (Å²) >= 11 is 0. The molecule has 1 saturated carbocycles. The molecule has 1 aromatic rings. The number of carbonyl (C=O) groups is 2. The lowest BCUT2D eigenvalue weighted by Crippen LogP contribution is -2.43. The van der Waals surface area contributed by atoms with Crippen molar-refractivity contribution in [3.8, 4) is 5.75 Å². The van der Waals surface area contributed by atoms with Crippen LogP contribution in [0.3, 0.4) is 0 Å². The Balaban J connectivity index is 1.84. The van der Waals surface area contributed by atoms with Crippen LogP contribution in [0, 0.1) is 17.7 Å². The first-order chi connectivity index (χ1) is 11.2. The lowest BCUT2D eigenvalue weighted by atomic mass is 10.1. The van der Waals surface area contributed by atoms with E-state index in [9.17, 15) is 22.4 Å². The van der Waals surface area contributed by atoms with Crippen molar-refractivity contribution in [3.63, 3.8) is 0 Å². The molecule has 1 aliphatic carbocycles. The van der Waals surface area contributed by atoms with E-state index in [0.29, 0.717) is 31.0 Å². The van der Waals surface area contributed by atoms with Crippen LogP contribution in [0.1, 0.15) is 27.1 Å². The third-order valence-electron chi connectivity index (χ3n) is 4.27. The molecule has 0 bridgehead atoms. The Morgan fingerprint density at radius 2 is 1.92 bits per heavy atom. The third-order valence-corrected chi connectivity index (χ3v) is 5.69. The normalized spacial score (nSPS) is 22.8. The fraction of sp³-hybridized carbons (Fsp3) is 0.429. The second-order valence-electron chi connectivity index (χ2n) is 5.85. The highest BCUT2D eigenvalue weighted by molar-refractivity contribution is 7.87. The van der Waals surface area contributed by atoms with E-state index in [4.69, 9.17) is 9.84 Å². The van der Waals surface area contributed by atoms with E-state index in [0.717, 1.165) is 19.6 Å². The SMILES string of the molecule is COc1cc(C(=O)O)c(F)cc1C(=O)NS(=O)(=O)N1CC2CC2C1. The van der Waals surface area contributed by atoms with Crippen LogP contribution in [0.15, 0.2) is 12.1 Å². The largest absolute Gasteiger partial charge is 0.496 e. The molecule has 1 aromatic carbocycles. The van der Waals surface area contributed by atoms with Gasteiger partial charge in [0.2, 0.25) is 0 Å². The summed E-state index contributed by atoms with van der Waals surface area (Å²) in [6.45, 7) is 0.716. The highest BCUT2D eigenvalue weighted by Gasteiger charge is 2.49. The highest BCUT2D eigenvalue weighted by atomic mass is 32.2. The number of rotatable bonds is 5. The predicted molar refractivity (Wildman–Crippen MR) is 79.5 cm³/mol. The molecule has 2 fully saturated rings. The molecular formula is C14H15FN2O6S. The molecule has 1 heterocycles. The van der Waals surface area contributed by atoms with Crippen molar-refractivity contribution in [2.75, 3.05) is 20.2 Å². The number of amides is 1. The molecular weight excluding hydrogens is 343 g/mol. The molecule has 10 heteroatoms. The molecule has 1 amide bonds. The number of methoxy groups -OCH3 is 1. The van der Waals surface area contributed by atoms with Gasteiger partial charge in [-0.15, -0.1) is 0 Å². The molecule has 0 aromatic heterocycles. The molecule has 3 rings (SSSR count). The molecule has 130 valence electrons. The summed E-state index contributed by atoms with van der Waals surface area (Å²) < 4.78 is 46.1. The van der Waals surface area contributed by atoms with E-state index in [-0.39, 0.29) is 5.75 Å². The molecule has 2 N–H and O–H groups in total. The van der Waals surface area contributed by atoms with E-state index in [2.05, 4.69) is 0 Å². The summed E-state index contributed by atoms with van der Waals surface area (Å²) in [5.74, 6) is -3.30. The van der Waals surface area contributed by atoms with Crippen molar-refractivity contribution in [3.05, 3.63) is 29.1 Å². The zero-order valence-corrected chi connectivity index (χ0v) is 13.5. The van der Waals surface area contributed by atoms with Gasteiger partial charge >= 0.3 is 16.2 Å². The molecule has 0 spiro atoms. The second kappa shape index (κ2) is 5.71. The zero-order valence-electron chi connectivity index (χ0n) is 12.7. The van der Waals surface area contributed by atoms with Gasteiger partial charge in [-0.3, -0.25) is 4.79 Å². The van der Waals surface area contributed by atoms with Gasteiger partial charge in [-0.2, -0.15) is 12.7 Å². The molecule has 24 heavy (non-hydrogen) atoms. The second-order valence-corrected chi connectivity index (χ2v) is 7.52. The van der Waals surface area contributed by atoms with Crippen molar-refractivity contribution < 1.29 is 32.2 Å². The van der Waals surface area contributed by atoms with Crippen LogP contribution in [-0.2, 0) is 10.2 Å². The fourth-order valence-electron chi connectivity index (χ4n) is 2.85. The Kier molecular flexibility index (Phi) is 3.96.